The molecule has 0 radical (unpaired) electrons. The van der Waals surface area contributed by atoms with Crippen LogP contribution >= 0.6 is 0 Å². The van der Waals surface area contributed by atoms with E-state index in [1.54, 1.807) is 67.0 Å². The molecule has 0 saturated heterocycles. The van der Waals surface area contributed by atoms with Gasteiger partial charge in [-0.05, 0) is 48.9 Å². The van der Waals surface area contributed by atoms with Gasteiger partial charge in [-0.25, -0.2) is 9.37 Å². The van der Waals surface area contributed by atoms with Crippen molar-refractivity contribution in [1.29, 1.82) is 0 Å². The Labute approximate surface area is 209 Å². The summed E-state index contributed by atoms with van der Waals surface area (Å²) in [7, 11) is 0.776. The number of imidazole rings is 1. The van der Waals surface area contributed by atoms with Crippen molar-refractivity contribution >= 4 is 27.2 Å². The van der Waals surface area contributed by atoms with Crippen LogP contribution in [0.25, 0.3) is 28.0 Å². The van der Waals surface area contributed by atoms with E-state index in [0.29, 0.717) is 21.8 Å². The van der Waals surface area contributed by atoms with Gasteiger partial charge in [-0.1, -0.05) is 28.1 Å². The Balaban J connectivity index is 1.50. The average Bonchev–Trinajstić information content (AvgIpc) is 3.48. The van der Waals surface area contributed by atoms with Gasteiger partial charge in [-0.15, -0.1) is 0 Å². The molecule has 3 heterocycles. The van der Waals surface area contributed by atoms with Crippen molar-refractivity contribution in [3.05, 3.63) is 90.8 Å². The highest BCUT2D eigenvalue weighted by molar-refractivity contribution is 8.01. The number of halogens is 1. The first-order valence-electron chi connectivity index (χ1n) is 11.3. The monoisotopic (exact) mass is 503 g/mol. The fraction of sp³-hybridized carbons (Fsp3) is 0.148. The molecule has 0 atom stereocenters. The summed E-state index contributed by atoms with van der Waals surface area (Å²) >= 11 is 0. The lowest BCUT2D eigenvalue weighted by Crippen LogP contribution is -2.29. The number of pyridine rings is 1. The van der Waals surface area contributed by atoms with Crippen LogP contribution in [0.1, 0.15) is 10.4 Å². The van der Waals surface area contributed by atoms with Crippen LogP contribution in [0.4, 0.5) is 10.1 Å². The number of aryl methyl sites for hydroxylation is 1. The average molecular weight is 504 g/mol. The maximum atomic E-state index is 15.3. The third-order valence-corrected chi connectivity index (χ3v) is 7.71. The molecule has 0 saturated carbocycles. The second kappa shape index (κ2) is 8.83. The van der Waals surface area contributed by atoms with Crippen molar-refractivity contribution in [1.82, 2.24) is 19.2 Å². The highest BCUT2D eigenvalue weighted by Crippen LogP contribution is 2.30. The molecule has 0 spiro atoms. The number of hydrogen-bond acceptors (Lipinski definition) is 4. The van der Waals surface area contributed by atoms with E-state index in [-0.39, 0.29) is 5.56 Å². The maximum Gasteiger partial charge on any atom is 0.261 e. The fourth-order valence-corrected chi connectivity index (χ4v) is 5.50. The van der Waals surface area contributed by atoms with E-state index >= 15 is 4.39 Å². The van der Waals surface area contributed by atoms with Gasteiger partial charge in [0.25, 0.3) is 5.91 Å². The second-order valence-electron chi connectivity index (χ2n) is 9.09. The number of fused-ring (bicyclic) bond motifs is 1. The van der Waals surface area contributed by atoms with E-state index in [2.05, 4.69) is 10.1 Å². The Hall–Kier alpha value is -4.11. The van der Waals surface area contributed by atoms with Gasteiger partial charge in [0.15, 0.2) is 0 Å². The first-order chi connectivity index (χ1) is 17.1. The van der Waals surface area contributed by atoms with E-state index in [4.69, 9.17) is 0 Å². The lowest BCUT2D eigenvalue weighted by atomic mass is 10.1. The molecule has 36 heavy (non-hydrogen) atoms. The normalized spacial score (nSPS) is 12.1. The van der Waals surface area contributed by atoms with Gasteiger partial charge >= 0.3 is 0 Å². The SMILES string of the molecule is CN(C(=O)c1ccc(-c2cnc3ccc(-c4cnn(C)c4)cn23)cc1F)c1ccccc1[SH](C)(C)=O. The molecule has 0 fully saturated rings. The molecule has 184 valence electrons. The van der Waals surface area contributed by atoms with E-state index in [1.807, 2.05) is 36.0 Å². The maximum absolute atomic E-state index is 15.3. The van der Waals surface area contributed by atoms with Crippen molar-refractivity contribution in [3.8, 4) is 22.4 Å². The van der Waals surface area contributed by atoms with Crippen LogP contribution in [-0.2, 0) is 17.0 Å². The molecule has 5 aromatic rings. The summed E-state index contributed by atoms with van der Waals surface area (Å²) in [5.74, 6) is -1.16. The van der Waals surface area contributed by atoms with E-state index in [1.165, 1.54) is 17.0 Å². The van der Waals surface area contributed by atoms with E-state index in [0.717, 1.165) is 16.8 Å². The first-order valence-corrected chi connectivity index (χ1v) is 13.9. The largest absolute Gasteiger partial charge is 0.310 e. The molecule has 0 aliphatic rings. The third kappa shape index (κ3) is 4.22. The van der Waals surface area contributed by atoms with Gasteiger partial charge in [-0.2, -0.15) is 5.10 Å². The lowest BCUT2D eigenvalue weighted by molar-refractivity contribution is 0.0988. The van der Waals surface area contributed by atoms with E-state index < -0.39 is 21.7 Å². The Kier molecular flexibility index (Phi) is 5.80. The van der Waals surface area contributed by atoms with E-state index in [9.17, 15) is 9.00 Å². The minimum Gasteiger partial charge on any atom is -0.310 e. The summed E-state index contributed by atoms with van der Waals surface area (Å²) < 4.78 is 31.7. The van der Waals surface area contributed by atoms with Crippen LogP contribution in [0.15, 0.2) is 84.3 Å². The van der Waals surface area contributed by atoms with Crippen molar-refractivity contribution < 1.29 is 13.4 Å². The summed E-state index contributed by atoms with van der Waals surface area (Å²) in [6.45, 7) is 0. The summed E-state index contributed by atoms with van der Waals surface area (Å²) in [6, 6.07) is 15.4. The predicted molar refractivity (Wildman–Crippen MR) is 142 cm³/mol. The number of benzene rings is 2. The number of anilines is 1. The third-order valence-electron chi connectivity index (χ3n) is 6.17. The number of carbonyl (C=O) groups is 1. The Morgan fingerprint density at radius 3 is 2.42 bits per heavy atom. The van der Waals surface area contributed by atoms with Crippen molar-refractivity contribution in [2.75, 3.05) is 24.5 Å². The van der Waals surface area contributed by atoms with Gasteiger partial charge in [0.2, 0.25) is 0 Å². The Morgan fingerprint density at radius 1 is 0.972 bits per heavy atom. The summed E-state index contributed by atoms with van der Waals surface area (Å²) in [4.78, 5) is 19.6. The van der Waals surface area contributed by atoms with Gasteiger partial charge in [0.1, 0.15) is 11.5 Å². The minimum atomic E-state index is -2.64. The van der Waals surface area contributed by atoms with Crippen LogP contribution in [0.3, 0.4) is 0 Å². The number of amides is 1. The van der Waals surface area contributed by atoms with Crippen molar-refractivity contribution in [3.63, 3.8) is 0 Å². The molecule has 0 aliphatic heterocycles. The molecule has 1 amide bonds. The van der Waals surface area contributed by atoms with Gasteiger partial charge in [0.05, 0.1) is 29.3 Å². The van der Waals surface area contributed by atoms with Gasteiger partial charge in [-0.3, -0.25) is 18.1 Å². The minimum absolute atomic E-state index is 0.0667. The molecule has 0 aliphatic carbocycles. The Morgan fingerprint density at radius 2 is 1.72 bits per heavy atom. The van der Waals surface area contributed by atoms with Crippen LogP contribution in [0.5, 0.6) is 0 Å². The molecular formula is C27H26FN5O2S. The molecule has 0 unspecified atom stereocenters. The van der Waals surface area contributed by atoms with Gasteiger partial charge in [0, 0.05) is 48.1 Å². The topological polar surface area (TPSA) is 72.5 Å². The number of aromatic nitrogens is 4. The lowest BCUT2D eigenvalue weighted by Gasteiger charge is -2.24. The standard InChI is InChI=1S/C27H26FN5O2S/c1-31-16-20(14-30-31)19-10-12-26-29-15-24(33(26)17-19)18-9-11-21(22(28)13-18)27(34)32(2)23-7-5-6-8-25(23)36(3,4)35/h5-17,36H,1-4H3. The van der Waals surface area contributed by atoms with Crippen LogP contribution in [-0.4, -0.2) is 48.8 Å². The van der Waals surface area contributed by atoms with Crippen LogP contribution < -0.4 is 4.90 Å². The second-order valence-corrected chi connectivity index (χ2v) is 12.3. The molecule has 3 aromatic heterocycles. The molecular weight excluding hydrogens is 477 g/mol. The van der Waals surface area contributed by atoms with Crippen LogP contribution in [0.2, 0.25) is 0 Å². The zero-order valence-corrected chi connectivity index (χ0v) is 21.3. The molecule has 2 aromatic carbocycles. The number of thiol groups is 1. The summed E-state index contributed by atoms with van der Waals surface area (Å²) in [6.07, 6.45) is 10.6. The summed E-state index contributed by atoms with van der Waals surface area (Å²) in [5.41, 5.74) is 4.36. The number of carbonyl (C=O) groups excluding carboxylic acids is 1. The number of nitrogens with zero attached hydrogens (tertiary/aromatic N) is 5. The van der Waals surface area contributed by atoms with Crippen molar-refractivity contribution in [2.24, 2.45) is 7.05 Å². The molecule has 5 rings (SSSR count). The summed E-state index contributed by atoms with van der Waals surface area (Å²) in [5, 5.41) is 4.22. The number of para-hydroxylation sites is 1. The highest BCUT2D eigenvalue weighted by atomic mass is 32.2. The quantitative estimate of drug-likeness (QED) is 0.360. The number of rotatable bonds is 5. The molecule has 9 heteroatoms. The molecule has 0 bridgehead atoms. The smallest absolute Gasteiger partial charge is 0.261 e. The predicted octanol–water partition coefficient (Wildman–Crippen LogP) is 4.45. The Bertz CT molecular complexity index is 1670. The zero-order valence-electron chi connectivity index (χ0n) is 20.4. The van der Waals surface area contributed by atoms with Gasteiger partial charge < -0.3 is 4.90 Å². The van der Waals surface area contributed by atoms with Crippen molar-refractivity contribution in [2.45, 2.75) is 4.90 Å². The fourth-order valence-electron chi connectivity index (χ4n) is 4.28. The molecule has 7 nitrogen and oxygen atoms in total. The first kappa shape index (κ1) is 23.6. The zero-order chi connectivity index (χ0) is 25.6. The highest BCUT2D eigenvalue weighted by Gasteiger charge is 2.22. The number of hydrogen-bond donors (Lipinski definition) is 1. The molecule has 0 N–H and O–H groups in total. The van der Waals surface area contributed by atoms with Crippen LogP contribution in [0, 0.1) is 5.82 Å².